The second-order valence-corrected chi connectivity index (χ2v) is 6.77. The minimum Gasteiger partial charge on any atom is -0.382 e. The fourth-order valence-corrected chi connectivity index (χ4v) is 3.46. The molecule has 0 spiro atoms. The van der Waals surface area contributed by atoms with Gasteiger partial charge in [-0.3, -0.25) is 14.9 Å². The first-order chi connectivity index (χ1) is 12.6. The summed E-state index contributed by atoms with van der Waals surface area (Å²) in [5, 5.41) is 14.6. The van der Waals surface area contributed by atoms with Crippen LogP contribution in [0.2, 0.25) is 0 Å². The first-order valence-corrected chi connectivity index (χ1v) is 8.37. The number of nitrogens with one attached hydrogen (secondary N) is 2. The van der Waals surface area contributed by atoms with E-state index in [2.05, 4.69) is 10.6 Å². The number of fused-ring (bicyclic) bond motifs is 1. The van der Waals surface area contributed by atoms with Gasteiger partial charge >= 0.3 is 6.18 Å². The van der Waals surface area contributed by atoms with Crippen molar-refractivity contribution in [3.8, 4) is 0 Å². The third-order valence-electron chi connectivity index (χ3n) is 4.88. The Morgan fingerprint density at radius 3 is 2.67 bits per heavy atom. The maximum absolute atomic E-state index is 12.8. The van der Waals surface area contributed by atoms with Crippen molar-refractivity contribution < 1.29 is 32.6 Å². The fourth-order valence-electron chi connectivity index (χ4n) is 3.46. The summed E-state index contributed by atoms with van der Waals surface area (Å²) in [4.78, 5) is 26.1. The van der Waals surface area contributed by atoms with E-state index in [0.29, 0.717) is 11.1 Å². The largest absolute Gasteiger partial charge is 0.416 e. The molecule has 0 aliphatic carbocycles. The molecule has 2 aliphatic rings. The van der Waals surface area contributed by atoms with E-state index < -0.39 is 29.5 Å². The number of alkyl halides is 3. The van der Waals surface area contributed by atoms with Crippen molar-refractivity contribution in [2.45, 2.75) is 44.0 Å². The number of hydrogen-bond donors (Lipinski definition) is 3. The molecule has 3 N–H and O–H groups in total. The van der Waals surface area contributed by atoms with Gasteiger partial charge in [-0.1, -0.05) is 6.07 Å². The Labute approximate surface area is 153 Å². The summed E-state index contributed by atoms with van der Waals surface area (Å²) in [5.74, 6) is -0.754. The van der Waals surface area contributed by atoms with Gasteiger partial charge < -0.3 is 20.1 Å². The molecule has 10 heteroatoms. The third-order valence-corrected chi connectivity index (χ3v) is 4.88. The molecule has 2 amide bonds. The highest BCUT2D eigenvalue weighted by Crippen LogP contribution is 2.33. The summed E-state index contributed by atoms with van der Waals surface area (Å²) in [5.41, 5.74) is -0.817. The fraction of sp³-hybridized carbons (Fsp3) is 0.529. The number of carbonyl (C=O) groups excluding carboxylic acids is 2. The van der Waals surface area contributed by atoms with Crippen molar-refractivity contribution >= 4 is 11.8 Å². The minimum atomic E-state index is -4.43. The number of amides is 2. The van der Waals surface area contributed by atoms with Crippen LogP contribution in [0.3, 0.4) is 0 Å². The molecule has 148 valence electrons. The highest BCUT2D eigenvalue weighted by molar-refractivity contribution is 5.89. The molecule has 2 heterocycles. The van der Waals surface area contributed by atoms with E-state index in [9.17, 15) is 27.9 Å². The van der Waals surface area contributed by atoms with E-state index in [1.165, 1.54) is 18.1 Å². The zero-order valence-electron chi connectivity index (χ0n) is 14.6. The Morgan fingerprint density at radius 2 is 2.07 bits per heavy atom. The van der Waals surface area contributed by atoms with Crippen molar-refractivity contribution in [2.24, 2.45) is 0 Å². The molecule has 2 atom stereocenters. The van der Waals surface area contributed by atoms with Gasteiger partial charge in [0.2, 0.25) is 11.8 Å². The van der Waals surface area contributed by atoms with E-state index in [0.717, 1.165) is 12.1 Å². The maximum Gasteiger partial charge on any atom is 0.416 e. The molecule has 7 nitrogen and oxygen atoms in total. The lowest BCUT2D eigenvalue weighted by atomic mass is 9.94. The van der Waals surface area contributed by atoms with Crippen molar-refractivity contribution in [1.29, 1.82) is 0 Å². The van der Waals surface area contributed by atoms with Crippen LogP contribution in [0, 0.1) is 0 Å². The number of aliphatic hydroxyl groups is 1. The molecule has 2 aliphatic heterocycles. The SMILES string of the molecule is COCC1(CCC(=O)N2Cc3ccc(C(F)(F)F)cc3C2)NC(O)NC1=O. The van der Waals surface area contributed by atoms with Gasteiger partial charge in [-0.15, -0.1) is 0 Å². The van der Waals surface area contributed by atoms with Crippen LogP contribution < -0.4 is 10.6 Å². The van der Waals surface area contributed by atoms with Gasteiger partial charge in [-0.25, -0.2) is 0 Å². The Kier molecular flexibility index (Phi) is 5.15. The molecule has 3 rings (SSSR count). The zero-order chi connectivity index (χ0) is 19.8. The molecule has 2 unspecified atom stereocenters. The van der Waals surface area contributed by atoms with Gasteiger partial charge in [-0.05, 0) is 29.7 Å². The normalized spacial score (nSPS) is 24.9. The van der Waals surface area contributed by atoms with Crippen molar-refractivity contribution in [3.63, 3.8) is 0 Å². The molecule has 1 aromatic carbocycles. The molecule has 1 saturated heterocycles. The number of methoxy groups -OCH3 is 1. The van der Waals surface area contributed by atoms with Crippen LogP contribution in [0.4, 0.5) is 13.2 Å². The number of aliphatic hydroxyl groups excluding tert-OH is 1. The van der Waals surface area contributed by atoms with Crippen LogP contribution >= 0.6 is 0 Å². The van der Waals surface area contributed by atoms with Gasteiger partial charge in [-0.2, -0.15) is 13.2 Å². The molecule has 27 heavy (non-hydrogen) atoms. The van der Waals surface area contributed by atoms with Gasteiger partial charge in [0, 0.05) is 26.6 Å². The number of ether oxygens (including phenoxy) is 1. The Bertz CT molecular complexity index is 755. The smallest absolute Gasteiger partial charge is 0.382 e. The molecule has 1 aromatic rings. The molecule has 0 aromatic heterocycles. The Morgan fingerprint density at radius 1 is 1.37 bits per heavy atom. The minimum absolute atomic E-state index is 0.0172. The number of hydrogen-bond acceptors (Lipinski definition) is 5. The summed E-state index contributed by atoms with van der Waals surface area (Å²) in [6.07, 6.45) is -5.58. The summed E-state index contributed by atoms with van der Waals surface area (Å²) in [6.45, 7) is 0.293. The standard InChI is InChI=1S/C17H20F3N3O4/c1-27-9-16(14(25)21-15(26)22-16)5-4-13(24)23-7-10-2-3-12(17(18,19)20)6-11(10)8-23/h2-3,6,15,22,26H,4-5,7-9H2,1H3,(H,21,25). The van der Waals surface area contributed by atoms with Gasteiger partial charge in [0.15, 0.2) is 6.35 Å². The van der Waals surface area contributed by atoms with Gasteiger partial charge in [0.05, 0.1) is 12.2 Å². The topological polar surface area (TPSA) is 90.9 Å². The van der Waals surface area contributed by atoms with Crippen molar-refractivity contribution in [3.05, 3.63) is 34.9 Å². The van der Waals surface area contributed by atoms with E-state index in [-0.39, 0.29) is 38.4 Å². The molecule has 0 radical (unpaired) electrons. The average Bonchev–Trinajstić information content (AvgIpc) is 3.12. The summed E-state index contributed by atoms with van der Waals surface area (Å²) >= 11 is 0. The highest BCUT2D eigenvalue weighted by Gasteiger charge is 2.46. The van der Waals surface area contributed by atoms with Crippen LogP contribution in [0.25, 0.3) is 0 Å². The lowest BCUT2D eigenvalue weighted by Crippen LogP contribution is -2.52. The summed E-state index contributed by atoms with van der Waals surface area (Å²) in [7, 11) is 1.40. The monoisotopic (exact) mass is 387 g/mol. The Hall–Kier alpha value is -2.17. The predicted octanol–water partition coefficient (Wildman–Crippen LogP) is 0.708. The number of nitrogens with zero attached hydrogens (tertiary/aromatic N) is 1. The molecular weight excluding hydrogens is 367 g/mol. The number of halogens is 3. The number of carbonyl (C=O) groups is 2. The van der Waals surface area contributed by atoms with Crippen LogP contribution in [0.1, 0.15) is 29.5 Å². The van der Waals surface area contributed by atoms with Crippen LogP contribution in [0.15, 0.2) is 18.2 Å². The van der Waals surface area contributed by atoms with Crippen molar-refractivity contribution in [2.75, 3.05) is 13.7 Å². The zero-order valence-corrected chi connectivity index (χ0v) is 14.6. The molecule has 0 saturated carbocycles. The van der Waals surface area contributed by atoms with Gasteiger partial charge in [0.25, 0.3) is 0 Å². The first-order valence-electron chi connectivity index (χ1n) is 8.37. The van der Waals surface area contributed by atoms with Crippen LogP contribution in [0.5, 0.6) is 0 Å². The lowest BCUT2D eigenvalue weighted by molar-refractivity contribution is -0.137. The summed E-state index contributed by atoms with van der Waals surface area (Å²) < 4.78 is 43.5. The number of benzene rings is 1. The van der Waals surface area contributed by atoms with E-state index in [1.54, 1.807) is 0 Å². The van der Waals surface area contributed by atoms with Gasteiger partial charge in [0.1, 0.15) is 5.54 Å². The maximum atomic E-state index is 12.8. The predicted molar refractivity (Wildman–Crippen MR) is 86.8 cm³/mol. The van der Waals surface area contributed by atoms with E-state index in [1.807, 2.05) is 0 Å². The second-order valence-electron chi connectivity index (χ2n) is 6.77. The Balaban J connectivity index is 1.64. The number of rotatable bonds is 5. The average molecular weight is 387 g/mol. The molecule has 0 bridgehead atoms. The first kappa shape index (κ1) is 19.6. The second kappa shape index (κ2) is 7.10. The van der Waals surface area contributed by atoms with E-state index in [4.69, 9.17) is 4.74 Å². The highest BCUT2D eigenvalue weighted by atomic mass is 19.4. The van der Waals surface area contributed by atoms with Crippen LogP contribution in [-0.4, -0.2) is 47.4 Å². The van der Waals surface area contributed by atoms with Crippen molar-refractivity contribution in [1.82, 2.24) is 15.5 Å². The quantitative estimate of drug-likeness (QED) is 0.692. The van der Waals surface area contributed by atoms with E-state index >= 15 is 0 Å². The molecule has 1 fully saturated rings. The molecular formula is C17H20F3N3O4. The third kappa shape index (κ3) is 3.92. The lowest BCUT2D eigenvalue weighted by Gasteiger charge is -2.26. The summed E-state index contributed by atoms with van der Waals surface area (Å²) in [6, 6.07) is 3.46. The van der Waals surface area contributed by atoms with Crippen LogP contribution in [-0.2, 0) is 33.6 Å².